The number of hydrogen-bond donors (Lipinski definition) is 0. The first kappa shape index (κ1) is 19.2. The molecule has 4 rings (SSSR count). The molecule has 2 nitrogen and oxygen atoms in total. The highest BCUT2D eigenvalue weighted by Crippen LogP contribution is 2.53. The molecule has 26 heavy (non-hydrogen) atoms. The number of rotatable bonds is 1. The lowest BCUT2D eigenvalue weighted by molar-refractivity contribution is 0.0251. The van der Waals surface area contributed by atoms with Crippen molar-refractivity contribution in [1.29, 1.82) is 0 Å². The lowest BCUT2D eigenvalue weighted by atomic mass is 9.72. The number of nitrogens with zero attached hydrogens (tertiary/aromatic N) is 2. The normalized spacial score (nSPS) is 39.0. The second-order valence-electron chi connectivity index (χ2n) is 12.3. The summed E-state index contributed by atoms with van der Waals surface area (Å²) in [5, 5.41) is 0. The highest BCUT2D eigenvalue weighted by atomic mass is 15.3. The maximum Gasteiger partial charge on any atom is 0.0135 e. The van der Waals surface area contributed by atoms with Gasteiger partial charge in [0.2, 0.25) is 0 Å². The average Bonchev–Trinajstić information content (AvgIpc) is 3.24. The third-order valence-electron chi connectivity index (χ3n) is 8.62. The first-order chi connectivity index (χ1) is 12.1. The first-order valence-corrected chi connectivity index (χ1v) is 11.6. The van der Waals surface area contributed by atoms with E-state index in [1.807, 2.05) is 0 Å². The molecule has 2 saturated heterocycles. The molecule has 1 spiro atoms. The van der Waals surface area contributed by atoms with Gasteiger partial charge in [0.25, 0.3) is 0 Å². The van der Waals surface area contributed by atoms with Crippen LogP contribution in [0.15, 0.2) is 0 Å². The van der Waals surface area contributed by atoms with Crippen LogP contribution < -0.4 is 0 Å². The van der Waals surface area contributed by atoms with Crippen LogP contribution in [-0.4, -0.2) is 46.1 Å². The van der Waals surface area contributed by atoms with Gasteiger partial charge in [-0.2, -0.15) is 0 Å². The van der Waals surface area contributed by atoms with Gasteiger partial charge in [0.15, 0.2) is 0 Å². The van der Waals surface area contributed by atoms with Gasteiger partial charge in [-0.25, -0.2) is 0 Å². The summed E-state index contributed by atoms with van der Waals surface area (Å²) >= 11 is 0. The molecule has 0 radical (unpaired) electrons. The third kappa shape index (κ3) is 3.39. The van der Waals surface area contributed by atoms with Gasteiger partial charge in [-0.15, -0.1) is 0 Å². The Labute approximate surface area is 163 Å². The molecular weight excluding hydrogens is 316 g/mol. The fourth-order valence-electron chi connectivity index (χ4n) is 7.35. The fourth-order valence-corrected chi connectivity index (χ4v) is 7.35. The van der Waals surface area contributed by atoms with Crippen molar-refractivity contribution in [2.75, 3.05) is 13.1 Å². The molecule has 0 N–H and O–H groups in total. The Hall–Kier alpha value is -0.0800. The zero-order valence-electron chi connectivity index (χ0n) is 18.5. The molecule has 2 aliphatic carbocycles. The molecule has 150 valence electrons. The SMILES string of the molecule is CC(C)(C)N1CCC2CCC(C3CC4(CCCC4)CN3C(C)(C)C)CC21. The summed E-state index contributed by atoms with van der Waals surface area (Å²) < 4.78 is 0. The number of hydrogen-bond acceptors (Lipinski definition) is 2. The number of fused-ring (bicyclic) bond motifs is 1. The summed E-state index contributed by atoms with van der Waals surface area (Å²) in [6.45, 7) is 17.4. The predicted octanol–water partition coefficient (Wildman–Crippen LogP) is 5.71. The average molecular weight is 361 g/mol. The fraction of sp³-hybridized carbons (Fsp3) is 1.00. The van der Waals surface area contributed by atoms with Gasteiger partial charge in [-0.1, -0.05) is 12.8 Å². The maximum absolute atomic E-state index is 2.96. The Morgan fingerprint density at radius 3 is 1.96 bits per heavy atom. The van der Waals surface area contributed by atoms with Crippen LogP contribution in [0.1, 0.15) is 99.3 Å². The molecule has 4 fully saturated rings. The van der Waals surface area contributed by atoms with Gasteiger partial charge < -0.3 is 0 Å². The van der Waals surface area contributed by atoms with E-state index >= 15 is 0 Å². The summed E-state index contributed by atoms with van der Waals surface area (Å²) in [7, 11) is 0. The molecule has 2 heteroatoms. The predicted molar refractivity (Wildman–Crippen MR) is 111 cm³/mol. The topological polar surface area (TPSA) is 6.48 Å². The molecule has 2 heterocycles. The van der Waals surface area contributed by atoms with E-state index < -0.39 is 0 Å². The summed E-state index contributed by atoms with van der Waals surface area (Å²) in [5.41, 5.74) is 1.34. The van der Waals surface area contributed by atoms with Crippen LogP contribution in [0.5, 0.6) is 0 Å². The Kier molecular flexibility index (Phi) is 4.79. The monoisotopic (exact) mass is 360 g/mol. The highest BCUT2D eigenvalue weighted by Gasteiger charge is 2.52. The number of likely N-dealkylation sites (tertiary alicyclic amines) is 2. The second-order valence-corrected chi connectivity index (χ2v) is 12.3. The van der Waals surface area contributed by atoms with Crippen molar-refractivity contribution in [3.05, 3.63) is 0 Å². The molecule has 4 unspecified atom stereocenters. The van der Waals surface area contributed by atoms with Gasteiger partial charge in [-0.3, -0.25) is 9.80 Å². The van der Waals surface area contributed by atoms with Crippen LogP contribution in [0.4, 0.5) is 0 Å². The summed E-state index contributed by atoms with van der Waals surface area (Å²) in [6.07, 6.45) is 13.4. The molecule has 2 saturated carbocycles. The molecule has 0 aromatic carbocycles. The molecule has 0 bridgehead atoms. The lowest BCUT2D eigenvalue weighted by Gasteiger charge is -2.47. The minimum absolute atomic E-state index is 0.326. The standard InChI is InChI=1S/C24H44N2/c1-22(2,3)25-14-11-18-9-10-19(15-20(18)25)21-16-24(12-7-8-13-24)17-26(21)23(4,5)6/h18-21H,7-17H2,1-6H3. The van der Waals surface area contributed by atoms with Gasteiger partial charge in [0.1, 0.15) is 0 Å². The van der Waals surface area contributed by atoms with Gasteiger partial charge in [0, 0.05) is 29.7 Å². The van der Waals surface area contributed by atoms with Crippen molar-refractivity contribution in [2.45, 2.75) is 122 Å². The van der Waals surface area contributed by atoms with Gasteiger partial charge >= 0.3 is 0 Å². The first-order valence-electron chi connectivity index (χ1n) is 11.6. The van der Waals surface area contributed by atoms with Crippen molar-refractivity contribution in [2.24, 2.45) is 17.3 Å². The summed E-state index contributed by atoms with van der Waals surface area (Å²) in [4.78, 5) is 5.82. The highest BCUT2D eigenvalue weighted by molar-refractivity contribution is 5.06. The van der Waals surface area contributed by atoms with Crippen molar-refractivity contribution in [3.63, 3.8) is 0 Å². The van der Waals surface area contributed by atoms with E-state index in [-0.39, 0.29) is 0 Å². The summed E-state index contributed by atoms with van der Waals surface area (Å²) in [6, 6.07) is 1.70. The molecular formula is C24H44N2. The van der Waals surface area contributed by atoms with Crippen LogP contribution in [-0.2, 0) is 0 Å². The van der Waals surface area contributed by atoms with E-state index in [4.69, 9.17) is 0 Å². The Bertz CT molecular complexity index is 505. The van der Waals surface area contributed by atoms with E-state index in [9.17, 15) is 0 Å². The molecule has 0 aromatic rings. The van der Waals surface area contributed by atoms with Crippen molar-refractivity contribution in [3.8, 4) is 0 Å². The zero-order chi connectivity index (χ0) is 18.7. The second kappa shape index (κ2) is 6.48. The van der Waals surface area contributed by atoms with Gasteiger partial charge in [-0.05, 0) is 110 Å². The van der Waals surface area contributed by atoms with Crippen molar-refractivity contribution in [1.82, 2.24) is 9.80 Å². The molecule has 2 aliphatic heterocycles. The maximum atomic E-state index is 2.96. The smallest absolute Gasteiger partial charge is 0.0135 e. The Morgan fingerprint density at radius 1 is 0.731 bits per heavy atom. The quantitative estimate of drug-likeness (QED) is 0.591. The Morgan fingerprint density at radius 2 is 1.35 bits per heavy atom. The zero-order valence-corrected chi connectivity index (χ0v) is 18.5. The van der Waals surface area contributed by atoms with Crippen LogP contribution >= 0.6 is 0 Å². The van der Waals surface area contributed by atoms with Gasteiger partial charge in [0.05, 0.1) is 0 Å². The van der Waals surface area contributed by atoms with E-state index in [0.717, 1.165) is 23.9 Å². The van der Waals surface area contributed by atoms with E-state index in [1.54, 1.807) is 0 Å². The van der Waals surface area contributed by atoms with E-state index in [1.165, 1.54) is 70.9 Å². The molecule has 0 aromatic heterocycles. The van der Waals surface area contributed by atoms with Crippen molar-refractivity contribution >= 4 is 0 Å². The lowest BCUT2D eigenvalue weighted by Crippen LogP contribution is -2.52. The van der Waals surface area contributed by atoms with E-state index in [2.05, 4.69) is 51.3 Å². The Balaban J connectivity index is 1.54. The van der Waals surface area contributed by atoms with Crippen LogP contribution in [0, 0.1) is 17.3 Å². The minimum atomic E-state index is 0.326. The van der Waals surface area contributed by atoms with Crippen LogP contribution in [0.2, 0.25) is 0 Å². The molecule has 4 aliphatic rings. The van der Waals surface area contributed by atoms with Crippen LogP contribution in [0.3, 0.4) is 0 Å². The summed E-state index contributed by atoms with van der Waals surface area (Å²) in [5.74, 6) is 1.91. The van der Waals surface area contributed by atoms with E-state index in [0.29, 0.717) is 16.5 Å². The largest absolute Gasteiger partial charge is 0.295 e. The third-order valence-corrected chi connectivity index (χ3v) is 8.62. The van der Waals surface area contributed by atoms with Crippen molar-refractivity contribution < 1.29 is 0 Å². The van der Waals surface area contributed by atoms with Crippen LogP contribution in [0.25, 0.3) is 0 Å². The molecule has 4 atom stereocenters. The minimum Gasteiger partial charge on any atom is -0.295 e. The molecule has 0 amide bonds.